The normalized spacial score (nSPS) is 10.1. The summed E-state index contributed by atoms with van der Waals surface area (Å²) in [5.41, 5.74) is 0.593. The van der Waals surface area contributed by atoms with Crippen molar-refractivity contribution in [3.05, 3.63) is 28.8 Å². The van der Waals surface area contributed by atoms with Crippen LogP contribution in [-0.4, -0.2) is 49.1 Å². The quantitative estimate of drug-likeness (QED) is 0.898. The first-order valence-electron chi connectivity index (χ1n) is 5.84. The lowest BCUT2D eigenvalue weighted by molar-refractivity contribution is -0.127. The van der Waals surface area contributed by atoms with E-state index < -0.39 is 5.97 Å². The predicted octanol–water partition coefficient (Wildman–Crippen LogP) is 1.95. The second-order valence-corrected chi connectivity index (χ2v) is 4.71. The van der Waals surface area contributed by atoms with Gasteiger partial charge in [-0.15, -0.1) is 0 Å². The standard InChI is InChI=1S/C13H17ClN2O3/c1-4-16(8-12(17)15(2)3)11-7-9(14)5-6-10(11)13(18)19/h5-7H,4,8H2,1-3H3,(H,18,19). The number of aromatic carboxylic acids is 1. The van der Waals surface area contributed by atoms with Crippen molar-refractivity contribution in [2.45, 2.75) is 6.92 Å². The molecule has 1 amide bonds. The molecule has 1 aromatic rings. The maximum Gasteiger partial charge on any atom is 0.337 e. The van der Waals surface area contributed by atoms with E-state index >= 15 is 0 Å². The largest absolute Gasteiger partial charge is 0.478 e. The Labute approximate surface area is 117 Å². The lowest BCUT2D eigenvalue weighted by Crippen LogP contribution is -2.37. The number of nitrogens with zero attached hydrogens (tertiary/aromatic N) is 2. The summed E-state index contributed by atoms with van der Waals surface area (Å²) in [6.07, 6.45) is 0. The minimum absolute atomic E-state index is 0.0989. The fourth-order valence-corrected chi connectivity index (χ4v) is 1.79. The molecule has 0 aromatic heterocycles. The molecule has 0 aliphatic carbocycles. The Bertz CT molecular complexity index is 489. The van der Waals surface area contributed by atoms with Gasteiger partial charge in [0.1, 0.15) is 0 Å². The summed E-state index contributed by atoms with van der Waals surface area (Å²) in [4.78, 5) is 26.1. The molecule has 0 heterocycles. The van der Waals surface area contributed by atoms with Gasteiger partial charge in [0.2, 0.25) is 5.91 Å². The predicted molar refractivity (Wildman–Crippen MR) is 75.0 cm³/mol. The SMILES string of the molecule is CCN(CC(=O)N(C)C)c1cc(Cl)ccc1C(=O)O. The highest BCUT2D eigenvalue weighted by molar-refractivity contribution is 6.31. The molecule has 6 heteroatoms. The third kappa shape index (κ3) is 3.86. The van der Waals surface area contributed by atoms with Crippen LogP contribution in [0.15, 0.2) is 18.2 Å². The number of benzene rings is 1. The van der Waals surface area contributed by atoms with Crippen LogP contribution in [0.3, 0.4) is 0 Å². The molecule has 0 radical (unpaired) electrons. The first-order chi connectivity index (χ1) is 8.86. The van der Waals surface area contributed by atoms with E-state index in [2.05, 4.69) is 0 Å². The maximum absolute atomic E-state index is 11.8. The monoisotopic (exact) mass is 284 g/mol. The Hall–Kier alpha value is -1.75. The average molecular weight is 285 g/mol. The topological polar surface area (TPSA) is 60.9 Å². The van der Waals surface area contributed by atoms with Crippen molar-refractivity contribution in [3.63, 3.8) is 0 Å². The van der Waals surface area contributed by atoms with E-state index in [0.29, 0.717) is 17.3 Å². The first kappa shape index (κ1) is 15.3. The Kier molecular flexibility index (Phi) is 5.18. The number of amides is 1. The lowest BCUT2D eigenvalue weighted by Gasteiger charge is -2.25. The van der Waals surface area contributed by atoms with E-state index in [9.17, 15) is 14.7 Å². The van der Waals surface area contributed by atoms with Gasteiger partial charge in [-0.2, -0.15) is 0 Å². The molecule has 0 unspecified atom stereocenters. The van der Waals surface area contributed by atoms with Gasteiger partial charge in [0.25, 0.3) is 0 Å². The fourth-order valence-electron chi connectivity index (χ4n) is 1.62. The van der Waals surface area contributed by atoms with Crippen LogP contribution in [0.1, 0.15) is 17.3 Å². The smallest absolute Gasteiger partial charge is 0.337 e. The van der Waals surface area contributed by atoms with Crippen molar-refractivity contribution in [2.75, 3.05) is 32.1 Å². The molecule has 0 aliphatic rings. The van der Waals surface area contributed by atoms with Crippen LogP contribution in [0.2, 0.25) is 5.02 Å². The zero-order valence-electron chi connectivity index (χ0n) is 11.2. The molecule has 0 aliphatic heterocycles. The van der Waals surface area contributed by atoms with Gasteiger partial charge < -0.3 is 14.9 Å². The first-order valence-corrected chi connectivity index (χ1v) is 6.22. The zero-order chi connectivity index (χ0) is 14.6. The van der Waals surface area contributed by atoms with Gasteiger partial charge in [0.05, 0.1) is 17.8 Å². The van der Waals surface area contributed by atoms with Crippen LogP contribution < -0.4 is 4.90 Å². The number of carboxylic acids is 1. The third-order valence-corrected chi connectivity index (χ3v) is 2.97. The van der Waals surface area contributed by atoms with Crippen molar-refractivity contribution < 1.29 is 14.7 Å². The van der Waals surface area contributed by atoms with Gasteiger partial charge >= 0.3 is 5.97 Å². The second-order valence-electron chi connectivity index (χ2n) is 4.27. The van der Waals surface area contributed by atoms with Crippen molar-refractivity contribution in [1.82, 2.24) is 4.90 Å². The minimum atomic E-state index is -1.04. The summed E-state index contributed by atoms with van der Waals surface area (Å²) in [5.74, 6) is -1.14. The van der Waals surface area contributed by atoms with Gasteiger partial charge in [0.15, 0.2) is 0 Å². The molecule has 104 valence electrons. The molecular formula is C13H17ClN2O3. The highest BCUT2D eigenvalue weighted by atomic mass is 35.5. The number of likely N-dealkylation sites (N-methyl/N-ethyl adjacent to an activating group) is 2. The lowest BCUT2D eigenvalue weighted by atomic mass is 10.1. The molecule has 0 saturated heterocycles. The summed E-state index contributed by atoms with van der Waals surface area (Å²) in [5, 5.41) is 9.62. The second kappa shape index (κ2) is 6.43. The van der Waals surface area contributed by atoms with Gasteiger partial charge in [0, 0.05) is 25.7 Å². The Morgan fingerprint density at radius 1 is 1.32 bits per heavy atom. The van der Waals surface area contributed by atoms with Crippen molar-refractivity contribution >= 4 is 29.2 Å². The minimum Gasteiger partial charge on any atom is -0.478 e. The van der Waals surface area contributed by atoms with E-state index in [1.807, 2.05) is 6.92 Å². The van der Waals surface area contributed by atoms with Crippen molar-refractivity contribution in [1.29, 1.82) is 0 Å². The molecule has 0 bridgehead atoms. The van der Waals surface area contributed by atoms with Gasteiger partial charge in [-0.05, 0) is 25.1 Å². The molecule has 1 N–H and O–H groups in total. The summed E-state index contributed by atoms with van der Waals surface area (Å²) in [6, 6.07) is 4.54. The molecule has 1 aromatic carbocycles. The van der Waals surface area contributed by atoms with Crippen molar-refractivity contribution in [2.24, 2.45) is 0 Å². The Balaban J connectivity index is 3.13. The average Bonchev–Trinajstić information content (AvgIpc) is 2.34. The highest BCUT2D eigenvalue weighted by Gasteiger charge is 2.18. The van der Waals surface area contributed by atoms with E-state index in [-0.39, 0.29) is 18.0 Å². The van der Waals surface area contributed by atoms with Crippen molar-refractivity contribution in [3.8, 4) is 0 Å². The van der Waals surface area contributed by atoms with Crippen LogP contribution >= 0.6 is 11.6 Å². The van der Waals surface area contributed by atoms with Crippen LogP contribution in [0.25, 0.3) is 0 Å². The number of anilines is 1. The number of carbonyl (C=O) groups is 2. The van der Waals surface area contributed by atoms with Crippen LogP contribution in [0, 0.1) is 0 Å². The van der Waals surface area contributed by atoms with Gasteiger partial charge in [-0.1, -0.05) is 11.6 Å². The number of rotatable bonds is 5. The Morgan fingerprint density at radius 2 is 1.95 bits per heavy atom. The van der Waals surface area contributed by atoms with Gasteiger partial charge in [-0.3, -0.25) is 4.79 Å². The van der Waals surface area contributed by atoms with Gasteiger partial charge in [-0.25, -0.2) is 4.79 Å². The van der Waals surface area contributed by atoms with Crippen LogP contribution in [-0.2, 0) is 4.79 Å². The zero-order valence-corrected chi connectivity index (χ0v) is 11.9. The summed E-state index contributed by atoms with van der Waals surface area (Å²) in [6.45, 7) is 2.49. The molecule has 0 spiro atoms. The van der Waals surface area contributed by atoms with E-state index in [4.69, 9.17) is 11.6 Å². The maximum atomic E-state index is 11.8. The van der Waals surface area contributed by atoms with E-state index in [0.717, 1.165) is 0 Å². The molecular weight excluding hydrogens is 268 g/mol. The molecule has 0 saturated carbocycles. The third-order valence-electron chi connectivity index (χ3n) is 2.74. The Morgan fingerprint density at radius 3 is 2.42 bits per heavy atom. The number of hydrogen-bond acceptors (Lipinski definition) is 3. The summed E-state index contributed by atoms with van der Waals surface area (Å²) < 4.78 is 0. The summed E-state index contributed by atoms with van der Waals surface area (Å²) in [7, 11) is 3.32. The number of carbonyl (C=O) groups excluding carboxylic acids is 1. The molecule has 19 heavy (non-hydrogen) atoms. The number of halogens is 1. The molecule has 1 rings (SSSR count). The molecule has 5 nitrogen and oxygen atoms in total. The number of hydrogen-bond donors (Lipinski definition) is 1. The van der Waals surface area contributed by atoms with E-state index in [1.165, 1.54) is 17.0 Å². The number of carboxylic acid groups (broad SMARTS) is 1. The fraction of sp³-hybridized carbons (Fsp3) is 0.385. The van der Waals surface area contributed by atoms with Crippen LogP contribution in [0.5, 0.6) is 0 Å². The van der Waals surface area contributed by atoms with Crippen LogP contribution in [0.4, 0.5) is 5.69 Å². The molecule has 0 atom stereocenters. The summed E-state index contributed by atoms with van der Waals surface area (Å²) >= 11 is 5.91. The highest BCUT2D eigenvalue weighted by Crippen LogP contribution is 2.25. The molecule has 0 fully saturated rings. The van der Waals surface area contributed by atoms with E-state index in [1.54, 1.807) is 25.1 Å².